The molecule has 1 heterocycles. The standard InChI is InChI=1S/C16H22BrNO2/c1-13-2-4-14(5-3-13)12-16(19)18-9-6-15(7-10-18)20-11-8-17/h2-5,15H,6-12H2,1H3. The lowest BCUT2D eigenvalue weighted by Crippen LogP contribution is -2.41. The number of halogens is 1. The Morgan fingerprint density at radius 3 is 2.55 bits per heavy atom. The number of nitrogens with zero attached hydrogens (tertiary/aromatic N) is 1. The molecule has 0 aromatic heterocycles. The molecule has 0 aliphatic carbocycles. The van der Waals surface area contributed by atoms with Crippen LogP contribution >= 0.6 is 15.9 Å². The molecule has 1 saturated heterocycles. The average Bonchev–Trinajstić information content (AvgIpc) is 2.48. The van der Waals surface area contributed by atoms with Crippen LogP contribution < -0.4 is 0 Å². The van der Waals surface area contributed by atoms with Crippen molar-refractivity contribution in [3.05, 3.63) is 35.4 Å². The molecule has 0 spiro atoms. The summed E-state index contributed by atoms with van der Waals surface area (Å²) in [4.78, 5) is 14.2. The number of rotatable bonds is 5. The van der Waals surface area contributed by atoms with Crippen LogP contribution in [-0.2, 0) is 16.0 Å². The molecule has 1 aliphatic rings. The van der Waals surface area contributed by atoms with Gasteiger partial charge in [0.1, 0.15) is 0 Å². The molecule has 0 saturated carbocycles. The number of aryl methyl sites for hydroxylation is 1. The van der Waals surface area contributed by atoms with Crippen molar-refractivity contribution in [2.45, 2.75) is 32.3 Å². The number of carbonyl (C=O) groups is 1. The molecule has 0 atom stereocenters. The molecule has 1 aliphatic heterocycles. The Kier molecular flexibility index (Phi) is 6.05. The molecule has 0 N–H and O–H groups in total. The Balaban J connectivity index is 1.78. The summed E-state index contributed by atoms with van der Waals surface area (Å²) < 4.78 is 5.71. The zero-order chi connectivity index (χ0) is 14.4. The van der Waals surface area contributed by atoms with Crippen molar-refractivity contribution in [1.82, 2.24) is 4.90 Å². The number of carbonyl (C=O) groups excluding carboxylic acids is 1. The van der Waals surface area contributed by atoms with Crippen LogP contribution in [-0.4, -0.2) is 41.9 Å². The van der Waals surface area contributed by atoms with Gasteiger partial charge in [0.15, 0.2) is 0 Å². The van der Waals surface area contributed by atoms with Crippen LogP contribution in [0, 0.1) is 6.92 Å². The Hall–Kier alpha value is -0.870. The largest absolute Gasteiger partial charge is 0.377 e. The van der Waals surface area contributed by atoms with Crippen LogP contribution in [0.4, 0.5) is 0 Å². The van der Waals surface area contributed by atoms with Gasteiger partial charge in [-0.2, -0.15) is 0 Å². The van der Waals surface area contributed by atoms with Gasteiger partial charge in [-0.3, -0.25) is 4.79 Å². The number of piperidine rings is 1. The number of hydrogen-bond acceptors (Lipinski definition) is 2. The maximum atomic E-state index is 12.3. The summed E-state index contributed by atoms with van der Waals surface area (Å²) in [6.45, 7) is 4.45. The van der Waals surface area contributed by atoms with E-state index < -0.39 is 0 Å². The minimum absolute atomic E-state index is 0.229. The molecular weight excluding hydrogens is 318 g/mol. The van der Waals surface area contributed by atoms with E-state index in [9.17, 15) is 4.79 Å². The first-order valence-electron chi connectivity index (χ1n) is 7.20. The van der Waals surface area contributed by atoms with Crippen LogP contribution in [0.3, 0.4) is 0 Å². The van der Waals surface area contributed by atoms with Crippen LogP contribution in [0.25, 0.3) is 0 Å². The first-order chi connectivity index (χ1) is 9.69. The number of alkyl halides is 1. The lowest BCUT2D eigenvalue weighted by atomic mass is 10.1. The highest BCUT2D eigenvalue weighted by Crippen LogP contribution is 2.15. The first kappa shape index (κ1) is 15.5. The smallest absolute Gasteiger partial charge is 0.226 e. The van der Waals surface area contributed by atoms with E-state index in [-0.39, 0.29) is 5.91 Å². The predicted molar refractivity (Wildman–Crippen MR) is 84.2 cm³/mol. The number of likely N-dealkylation sites (tertiary alicyclic amines) is 1. The summed E-state index contributed by atoms with van der Waals surface area (Å²) in [5.41, 5.74) is 2.32. The van der Waals surface area contributed by atoms with E-state index in [1.54, 1.807) is 0 Å². The van der Waals surface area contributed by atoms with Crippen LogP contribution in [0.2, 0.25) is 0 Å². The Labute approximate surface area is 129 Å². The quantitative estimate of drug-likeness (QED) is 0.772. The van der Waals surface area contributed by atoms with E-state index in [1.165, 1.54) is 5.56 Å². The van der Waals surface area contributed by atoms with Crippen LogP contribution in [0.5, 0.6) is 0 Å². The first-order valence-corrected chi connectivity index (χ1v) is 8.32. The molecule has 4 heteroatoms. The van der Waals surface area contributed by atoms with Gasteiger partial charge in [-0.25, -0.2) is 0 Å². The third kappa shape index (κ3) is 4.60. The van der Waals surface area contributed by atoms with Crippen LogP contribution in [0.15, 0.2) is 24.3 Å². The fourth-order valence-electron chi connectivity index (χ4n) is 2.48. The number of ether oxygens (including phenoxy) is 1. The van der Waals surface area contributed by atoms with Gasteiger partial charge in [-0.1, -0.05) is 45.8 Å². The van der Waals surface area contributed by atoms with Gasteiger partial charge in [0.2, 0.25) is 5.91 Å². The third-order valence-corrected chi connectivity index (χ3v) is 4.03. The lowest BCUT2D eigenvalue weighted by Gasteiger charge is -2.32. The summed E-state index contributed by atoms with van der Waals surface area (Å²) in [6, 6.07) is 8.20. The maximum Gasteiger partial charge on any atom is 0.226 e. The molecule has 1 amide bonds. The lowest BCUT2D eigenvalue weighted by molar-refractivity contribution is -0.133. The fraction of sp³-hybridized carbons (Fsp3) is 0.562. The normalized spacial score (nSPS) is 16.4. The zero-order valence-corrected chi connectivity index (χ0v) is 13.6. The van der Waals surface area contributed by atoms with E-state index in [0.29, 0.717) is 12.5 Å². The Morgan fingerprint density at radius 1 is 1.30 bits per heavy atom. The highest BCUT2D eigenvalue weighted by atomic mass is 79.9. The van der Waals surface area contributed by atoms with Gasteiger partial charge >= 0.3 is 0 Å². The maximum absolute atomic E-state index is 12.3. The van der Waals surface area contributed by atoms with Gasteiger partial charge < -0.3 is 9.64 Å². The van der Waals surface area contributed by atoms with E-state index >= 15 is 0 Å². The summed E-state index contributed by atoms with van der Waals surface area (Å²) in [5, 5.41) is 0.875. The summed E-state index contributed by atoms with van der Waals surface area (Å²) in [7, 11) is 0. The van der Waals surface area contributed by atoms with Crippen molar-refractivity contribution in [1.29, 1.82) is 0 Å². The number of hydrogen-bond donors (Lipinski definition) is 0. The van der Waals surface area contributed by atoms with E-state index in [1.807, 2.05) is 17.0 Å². The minimum Gasteiger partial charge on any atom is -0.377 e. The van der Waals surface area contributed by atoms with E-state index in [2.05, 4.69) is 35.0 Å². The highest BCUT2D eigenvalue weighted by Gasteiger charge is 2.22. The molecule has 0 unspecified atom stereocenters. The van der Waals surface area contributed by atoms with Crippen LogP contribution in [0.1, 0.15) is 24.0 Å². The molecular formula is C16H22BrNO2. The molecule has 20 heavy (non-hydrogen) atoms. The van der Waals surface area contributed by atoms with Crippen molar-refractivity contribution in [2.75, 3.05) is 25.0 Å². The van der Waals surface area contributed by atoms with Crippen molar-refractivity contribution in [3.8, 4) is 0 Å². The number of benzene rings is 1. The van der Waals surface area contributed by atoms with Crippen molar-refractivity contribution in [3.63, 3.8) is 0 Å². The zero-order valence-electron chi connectivity index (χ0n) is 12.0. The molecule has 1 aromatic rings. The van der Waals surface area contributed by atoms with Crippen molar-refractivity contribution < 1.29 is 9.53 Å². The molecule has 110 valence electrons. The van der Waals surface area contributed by atoms with Gasteiger partial charge in [-0.05, 0) is 25.3 Å². The van der Waals surface area contributed by atoms with Crippen molar-refractivity contribution in [2.24, 2.45) is 0 Å². The molecule has 3 nitrogen and oxygen atoms in total. The second kappa shape index (κ2) is 7.79. The second-order valence-electron chi connectivity index (χ2n) is 5.30. The molecule has 0 radical (unpaired) electrons. The van der Waals surface area contributed by atoms with Gasteiger partial charge in [0, 0.05) is 18.4 Å². The molecule has 2 rings (SSSR count). The average molecular weight is 340 g/mol. The van der Waals surface area contributed by atoms with E-state index in [4.69, 9.17) is 4.74 Å². The second-order valence-corrected chi connectivity index (χ2v) is 6.10. The van der Waals surface area contributed by atoms with Gasteiger partial charge in [-0.15, -0.1) is 0 Å². The summed E-state index contributed by atoms with van der Waals surface area (Å²) >= 11 is 3.36. The summed E-state index contributed by atoms with van der Waals surface area (Å²) in [6.07, 6.45) is 2.72. The molecule has 1 aromatic carbocycles. The highest BCUT2D eigenvalue weighted by molar-refractivity contribution is 9.09. The van der Waals surface area contributed by atoms with E-state index in [0.717, 1.165) is 43.4 Å². The predicted octanol–water partition coefficient (Wildman–Crippen LogP) is 2.94. The summed E-state index contributed by atoms with van der Waals surface area (Å²) in [5.74, 6) is 0.229. The topological polar surface area (TPSA) is 29.5 Å². The fourth-order valence-corrected chi connectivity index (χ4v) is 2.66. The van der Waals surface area contributed by atoms with Crippen molar-refractivity contribution >= 4 is 21.8 Å². The molecule has 0 bridgehead atoms. The third-order valence-electron chi connectivity index (χ3n) is 3.70. The van der Waals surface area contributed by atoms with Gasteiger partial charge in [0.25, 0.3) is 0 Å². The monoisotopic (exact) mass is 339 g/mol. The molecule has 1 fully saturated rings. The number of amides is 1. The Bertz CT molecular complexity index is 425. The minimum atomic E-state index is 0.229. The van der Waals surface area contributed by atoms with Gasteiger partial charge in [0.05, 0.1) is 19.1 Å². The SMILES string of the molecule is Cc1ccc(CC(=O)N2CCC(OCCBr)CC2)cc1. The Morgan fingerprint density at radius 2 is 1.95 bits per heavy atom.